The number of nitrogens with zero attached hydrogens (tertiary/aromatic N) is 2. The first-order chi connectivity index (χ1) is 10.2. The normalized spacial score (nSPS) is 17.4. The van der Waals surface area contributed by atoms with Crippen LogP contribution in [0.1, 0.15) is 30.0 Å². The Kier molecular flexibility index (Phi) is 3.95. The van der Waals surface area contributed by atoms with Crippen LogP contribution in [0.5, 0.6) is 0 Å². The van der Waals surface area contributed by atoms with E-state index < -0.39 is 0 Å². The number of likely N-dealkylation sites (tertiary alicyclic amines) is 1. The predicted octanol–water partition coefficient (Wildman–Crippen LogP) is 3.13. The fourth-order valence-corrected chi connectivity index (χ4v) is 2.66. The van der Waals surface area contributed by atoms with E-state index in [1.807, 2.05) is 17.0 Å². The minimum atomic E-state index is -0.243. The zero-order valence-corrected chi connectivity index (χ0v) is 11.7. The molecule has 0 aliphatic carbocycles. The first-order valence-corrected chi connectivity index (χ1v) is 7.18. The molecule has 0 unspecified atom stereocenters. The van der Waals surface area contributed by atoms with Gasteiger partial charge in [0.1, 0.15) is 5.82 Å². The van der Waals surface area contributed by atoms with E-state index in [2.05, 4.69) is 4.98 Å². The van der Waals surface area contributed by atoms with E-state index in [-0.39, 0.29) is 17.8 Å². The zero-order chi connectivity index (χ0) is 14.7. The topological polar surface area (TPSA) is 33.2 Å². The van der Waals surface area contributed by atoms with Crippen molar-refractivity contribution in [1.29, 1.82) is 0 Å². The molecule has 1 saturated heterocycles. The summed E-state index contributed by atoms with van der Waals surface area (Å²) in [6, 6.07) is 10.4. The van der Waals surface area contributed by atoms with Crippen LogP contribution in [0, 0.1) is 5.82 Å². The number of aromatic nitrogens is 1. The van der Waals surface area contributed by atoms with Crippen molar-refractivity contribution in [3.05, 3.63) is 65.7 Å². The summed E-state index contributed by atoms with van der Waals surface area (Å²) in [7, 11) is 0. The Morgan fingerprint density at radius 3 is 2.71 bits per heavy atom. The van der Waals surface area contributed by atoms with Crippen LogP contribution < -0.4 is 0 Å². The highest BCUT2D eigenvalue weighted by Crippen LogP contribution is 2.33. The third-order valence-corrected chi connectivity index (χ3v) is 3.95. The number of hydrogen-bond donors (Lipinski definition) is 0. The molecule has 1 aromatic heterocycles. The van der Waals surface area contributed by atoms with Gasteiger partial charge in [0.25, 0.3) is 0 Å². The number of aryl methyl sites for hydroxylation is 1. The molecule has 0 spiro atoms. The summed E-state index contributed by atoms with van der Waals surface area (Å²) < 4.78 is 12.9. The van der Waals surface area contributed by atoms with Crippen molar-refractivity contribution in [2.24, 2.45) is 0 Å². The van der Waals surface area contributed by atoms with E-state index in [1.54, 1.807) is 24.5 Å². The molecule has 1 aliphatic rings. The van der Waals surface area contributed by atoms with E-state index in [9.17, 15) is 9.18 Å². The fourth-order valence-electron chi connectivity index (χ4n) is 2.66. The Morgan fingerprint density at radius 2 is 2.10 bits per heavy atom. The molecule has 3 nitrogen and oxygen atoms in total. The highest BCUT2D eigenvalue weighted by atomic mass is 19.1. The third-order valence-electron chi connectivity index (χ3n) is 3.95. The van der Waals surface area contributed by atoms with E-state index in [0.29, 0.717) is 12.8 Å². The predicted molar refractivity (Wildman–Crippen MR) is 78.0 cm³/mol. The molecule has 1 aromatic carbocycles. The number of halogens is 1. The lowest BCUT2D eigenvalue weighted by Crippen LogP contribution is -2.45. The lowest BCUT2D eigenvalue weighted by molar-refractivity contribution is -0.139. The maximum absolute atomic E-state index is 12.9. The van der Waals surface area contributed by atoms with Gasteiger partial charge in [-0.25, -0.2) is 4.39 Å². The van der Waals surface area contributed by atoms with Crippen LogP contribution in [0.25, 0.3) is 0 Å². The van der Waals surface area contributed by atoms with Crippen molar-refractivity contribution >= 4 is 5.91 Å². The second kappa shape index (κ2) is 6.04. The van der Waals surface area contributed by atoms with Gasteiger partial charge in [-0.15, -0.1) is 0 Å². The van der Waals surface area contributed by atoms with Crippen molar-refractivity contribution in [3.8, 4) is 0 Å². The molecule has 0 N–H and O–H groups in total. The second-order valence-electron chi connectivity index (χ2n) is 5.30. The molecule has 2 aromatic rings. The molecule has 0 bridgehead atoms. The molecule has 0 saturated carbocycles. The Hall–Kier alpha value is -2.23. The van der Waals surface area contributed by atoms with Crippen LogP contribution in [-0.2, 0) is 11.2 Å². The Bertz CT molecular complexity index is 612. The van der Waals surface area contributed by atoms with Crippen LogP contribution in [0.2, 0.25) is 0 Å². The summed E-state index contributed by atoms with van der Waals surface area (Å²) in [5.41, 5.74) is 2.09. The second-order valence-corrected chi connectivity index (χ2v) is 5.30. The largest absolute Gasteiger partial charge is 0.335 e. The number of carbonyl (C=O) groups is 1. The zero-order valence-electron chi connectivity index (χ0n) is 11.7. The molecule has 1 fully saturated rings. The van der Waals surface area contributed by atoms with Crippen LogP contribution in [0.4, 0.5) is 4.39 Å². The maximum atomic E-state index is 12.9. The van der Waals surface area contributed by atoms with E-state index >= 15 is 0 Å². The number of pyridine rings is 1. The van der Waals surface area contributed by atoms with Crippen LogP contribution in [0.15, 0.2) is 48.8 Å². The summed E-state index contributed by atoms with van der Waals surface area (Å²) >= 11 is 0. The number of benzene rings is 1. The molecule has 1 atom stereocenters. The molecule has 4 heteroatoms. The molecular weight excluding hydrogens is 267 g/mol. The lowest BCUT2D eigenvalue weighted by atomic mass is 9.94. The fraction of sp³-hybridized carbons (Fsp3) is 0.294. The summed E-state index contributed by atoms with van der Waals surface area (Å²) in [5.74, 6) is -0.0908. The van der Waals surface area contributed by atoms with E-state index in [1.165, 1.54) is 12.1 Å². The van der Waals surface area contributed by atoms with Gasteiger partial charge in [0, 0.05) is 25.4 Å². The van der Waals surface area contributed by atoms with Crippen molar-refractivity contribution < 1.29 is 9.18 Å². The smallest absolute Gasteiger partial charge is 0.223 e. The average Bonchev–Trinajstić information content (AvgIpc) is 2.47. The maximum Gasteiger partial charge on any atom is 0.223 e. The van der Waals surface area contributed by atoms with Crippen LogP contribution in [-0.4, -0.2) is 22.3 Å². The highest BCUT2D eigenvalue weighted by molar-refractivity contribution is 5.77. The van der Waals surface area contributed by atoms with Crippen LogP contribution >= 0.6 is 0 Å². The minimum absolute atomic E-state index is 0.104. The number of amides is 1. The van der Waals surface area contributed by atoms with Crippen LogP contribution in [0.3, 0.4) is 0 Å². The summed E-state index contributed by atoms with van der Waals surface area (Å²) in [6.45, 7) is 0.786. The van der Waals surface area contributed by atoms with Gasteiger partial charge in [-0.3, -0.25) is 9.78 Å². The monoisotopic (exact) mass is 284 g/mol. The number of hydrogen-bond acceptors (Lipinski definition) is 2. The Morgan fingerprint density at radius 1 is 1.29 bits per heavy atom. The quantitative estimate of drug-likeness (QED) is 0.864. The molecule has 1 aliphatic heterocycles. The van der Waals surface area contributed by atoms with E-state index in [4.69, 9.17) is 0 Å². The van der Waals surface area contributed by atoms with Gasteiger partial charge in [-0.1, -0.05) is 18.2 Å². The first kappa shape index (κ1) is 13.7. The first-order valence-electron chi connectivity index (χ1n) is 7.18. The highest BCUT2D eigenvalue weighted by Gasteiger charge is 2.32. The van der Waals surface area contributed by atoms with Crippen molar-refractivity contribution in [1.82, 2.24) is 9.88 Å². The van der Waals surface area contributed by atoms with Gasteiger partial charge in [-0.2, -0.15) is 0 Å². The van der Waals surface area contributed by atoms with Gasteiger partial charge >= 0.3 is 0 Å². The van der Waals surface area contributed by atoms with Gasteiger partial charge < -0.3 is 4.90 Å². The third kappa shape index (κ3) is 3.10. The molecule has 3 rings (SSSR count). The van der Waals surface area contributed by atoms with E-state index in [0.717, 1.165) is 24.1 Å². The average molecular weight is 284 g/mol. The molecule has 0 radical (unpaired) electrons. The van der Waals surface area contributed by atoms with Gasteiger partial charge in [0.05, 0.1) is 6.04 Å². The standard InChI is InChI=1S/C17H17FN2O/c18-15-6-4-14(5-7-15)16-9-11-20(16)17(21)8-3-13-2-1-10-19-12-13/h1-2,4-7,10,12,16H,3,8-9,11H2/t16-/m0/s1. The van der Waals surface area contributed by atoms with Gasteiger partial charge in [0.15, 0.2) is 0 Å². The van der Waals surface area contributed by atoms with Crippen molar-refractivity contribution in [2.75, 3.05) is 6.54 Å². The molecular formula is C17H17FN2O. The molecule has 108 valence electrons. The Balaban J connectivity index is 1.59. The van der Waals surface area contributed by atoms with Crippen molar-refractivity contribution in [2.45, 2.75) is 25.3 Å². The van der Waals surface area contributed by atoms with Gasteiger partial charge in [0.2, 0.25) is 5.91 Å². The number of carbonyl (C=O) groups excluding carboxylic acids is 1. The molecule has 2 heterocycles. The number of rotatable bonds is 4. The summed E-state index contributed by atoms with van der Waals surface area (Å²) in [5, 5.41) is 0. The SMILES string of the molecule is O=C(CCc1cccnc1)N1CC[C@H]1c1ccc(F)cc1. The van der Waals surface area contributed by atoms with Gasteiger partial charge in [-0.05, 0) is 42.2 Å². The minimum Gasteiger partial charge on any atom is -0.335 e. The lowest BCUT2D eigenvalue weighted by Gasteiger charge is -2.41. The molecule has 1 amide bonds. The summed E-state index contributed by atoms with van der Waals surface area (Å²) in [4.78, 5) is 18.2. The molecule has 21 heavy (non-hydrogen) atoms. The van der Waals surface area contributed by atoms with Crippen molar-refractivity contribution in [3.63, 3.8) is 0 Å². The summed E-state index contributed by atoms with van der Waals surface area (Å²) in [6.07, 6.45) is 5.67. The Labute approximate surface area is 123 Å².